The molecule has 0 aliphatic carbocycles. The summed E-state index contributed by atoms with van der Waals surface area (Å²) in [4.78, 5) is 4.19. The summed E-state index contributed by atoms with van der Waals surface area (Å²) in [6.45, 7) is 1.12. The number of pyridine rings is 1. The molecule has 0 bridgehead atoms. The minimum Gasteiger partial charge on any atom is -0.486 e. The van der Waals surface area contributed by atoms with E-state index < -0.39 is 0 Å². The van der Waals surface area contributed by atoms with Gasteiger partial charge in [-0.2, -0.15) is 5.26 Å². The van der Waals surface area contributed by atoms with Gasteiger partial charge in [0.25, 0.3) is 0 Å². The Morgan fingerprint density at radius 2 is 2.00 bits per heavy atom. The van der Waals surface area contributed by atoms with Crippen molar-refractivity contribution in [2.45, 2.75) is 0 Å². The molecular formula is C16H12N2O2. The molecule has 0 fully saturated rings. The van der Waals surface area contributed by atoms with Crippen LogP contribution in [0, 0.1) is 11.3 Å². The van der Waals surface area contributed by atoms with Crippen molar-refractivity contribution in [1.82, 2.24) is 4.98 Å². The molecule has 1 aliphatic heterocycles. The molecule has 1 aromatic heterocycles. The molecule has 2 aromatic rings. The molecule has 1 aliphatic rings. The molecule has 3 rings (SSSR count). The Morgan fingerprint density at radius 3 is 2.75 bits per heavy atom. The number of ether oxygens (including phenoxy) is 2. The topological polar surface area (TPSA) is 55.1 Å². The molecule has 1 aromatic carbocycles. The predicted octanol–water partition coefficient (Wildman–Crippen LogP) is 2.92. The van der Waals surface area contributed by atoms with Gasteiger partial charge in [-0.05, 0) is 35.9 Å². The van der Waals surface area contributed by atoms with Gasteiger partial charge in [0.1, 0.15) is 19.3 Å². The van der Waals surface area contributed by atoms with Crippen LogP contribution in [-0.4, -0.2) is 18.2 Å². The Kier molecular flexibility index (Phi) is 3.34. The zero-order valence-corrected chi connectivity index (χ0v) is 10.7. The molecule has 20 heavy (non-hydrogen) atoms. The molecule has 0 unspecified atom stereocenters. The van der Waals surface area contributed by atoms with E-state index >= 15 is 0 Å². The lowest BCUT2D eigenvalue weighted by atomic mass is 10.1. The number of nitriles is 1. The van der Waals surface area contributed by atoms with Crippen LogP contribution < -0.4 is 9.47 Å². The quantitative estimate of drug-likeness (QED) is 0.782. The number of aromatic nitrogens is 1. The van der Waals surface area contributed by atoms with Crippen molar-refractivity contribution in [3.63, 3.8) is 0 Å². The smallest absolute Gasteiger partial charge is 0.161 e. The summed E-state index contributed by atoms with van der Waals surface area (Å²) in [7, 11) is 0. The van der Waals surface area contributed by atoms with Crippen molar-refractivity contribution in [3.8, 4) is 17.6 Å². The molecule has 4 heteroatoms. The first-order chi connectivity index (χ1) is 9.86. The minimum absolute atomic E-state index is 0.516. The van der Waals surface area contributed by atoms with Crippen LogP contribution >= 0.6 is 0 Å². The normalized spacial score (nSPS) is 13.7. The Hall–Kier alpha value is -2.80. The van der Waals surface area contributed by atoms with Gasteiger partial charge in [-0.3, -0.25) is 4.98 Å². The van der Waals surface area contributed by atoms with E-state index in [1.165, 1.54) is 0 Å². The van der Waals surface area contributed by atoms with Gasteiger partial charge >= 0.3 is 0 Å². The summed E-state index contributed by atoms with van der Waals surface area (Å²) in [5.74, 6) is 1.45. The Labute approximate surface area is 116 Å². The molecule has 0 amide bonds. The average Bonchev–Trinajstić information content (AvgIpc) is 2.53. The Morgan fingerprint density at radius 1 is 1.15 bits per heavy atom. The van der Waals surface area contributed by atoms with Crippen LogP contribution in [0.3, 0.4) is 0 Å². The summed E-state index contributed by atoms with van der Waals surface area (Å²) in [5.41, 5.74) is 2.06. The van der Waals surface area contributed by atoms with E-state index in [1.54, 1.807) is 12.3 Å². The Bertz CT molecular complexity index is 687. The van der Waals surface area contributed by atoms with Gasteiger partial charge in [0.05, 0.1) is 11.3 Å². The maximum Gasteiger partial charge on any atom is 0.161 e. The van der Waals surface area contributed by atoms with E-state index in [1.807, 2.05) is 36.4 Å². The van der Waals surface area contributed by atoms with Crippen LogP contribution in [0.2, 0.25) is 0 Å². The summed E-state index contributed by atoms with van der Waals surface area (Å²) < 4.78 is 11.0. The first-order valence-electron chi connectivity index (χ1n) is 6.30. The molecule has 0 saturated carbocycles. The standard InChI is InChI=1S/C16H12N2O2/c17-11-13(14-3-1-2-6-18-14)9-12-4-5-15-16(10-12)20-8-7-19-15/h1-6,9-10H,7-8H2. The van der Waals surface area contributed by atoms with Crippen molar-refractivity contribution in [2.24, 2.45) is 0 Å². The van der Waals surface area contributed by atoms with Crippen molar-refractivity contribution in [3.05, 3.63) is 53.9 Å². The molecule has 2 heterocycles. The molecule has 0 atom stereocenters. The van der Waals surface area contributed by atoms with Crippen LogP contribution in [0.1, 0.15) is 11.3 Å². The van der Waals surface area contributed by atoms with Gasteiger partial charge in [0, 0.05) is 6.20 Å². The highest BCUT2D eigenvalue weighted by Crippen LogP contribution is 2.31. The van der Waals surface area contributed by atoms with Crippen molar-refractivity contribution in [2.75, 3.05) is 13.2 Å². The number of hydrogen-bond donors (Lipinski definition) is 0. The van der Waals surface area contributed by atoms with Gasteiger partial charge in [-0.15, -0.1) is 0 Å². The van der Waals surface area contributed by atoms with Crippen LogP contribution in [0.5, 0.6) is 11.5 Å². The van der Waals surface area contributed by atoms with E-state index in [2.05, 4.69) is 11.1 Å². The Balaban J connectivity index is 1.96. The van der Waals surface area contributed by atoms with Crippen LogP contribution in [0.25, 0.3) is 11.6 Å². The molecule has 4 nitrogen and oxygen atoms in total. The third kappa shape index (κ3) is 2.47. The number of nitrogens with zero attached hydrogens (tertiary/aromatic N) is 2. The van der Waals surface area contributed by atoms with E-state index in [-0.39, 0.29) is 0 Å². The lowest BCUT2D eigenvalue weighted by Crippen LogP contribution is -2.15. The van der Waals surface area contributed by atoms with Gasteiger partial charge in [0.2, 0.25) is 0 Å². The predicted molar refractivity (Wildman–Crippen MR) is 75.2 cm³/mol. The van der Waals surface area contributed by atoms with Crippen molar-refractivity contribution >= 4 is 11.6 Å². The number of rotatable bonds is 2. The zero-order chi connectivity index (χ0) is 13.8. The highest BCUT2D eigenvalue weighted by Gasteiger charge is 2.11. The minimum atomic E-state index is 0.516. The third-order valence-corrected chi connectivity index (χ3v) is 2.94. The lowest BCUT2D eigenvalue weighted by molar-refractivity contribution is 0.171. The van der Waals surface area contributed by atoms with Gasteiger partial charge in [0.15, 0.2) is 11.5 Å². The van der Waals surface area contributed by atoms with Crippen LogP contribution in [-0.2, 0) is 0 Å². The highest BCUT2D eigenvalue weighted by atomic mass is 16.6. The molecule has 0 saturated heterocycles. The van der Waals surface area contributed by atoms with E-state index in [9.17, 15) is 5.26 Å². The molecule has 0 radical (unpaired) electrons. The molecule has 0 spiro atoms. The summed E-state index contributed by atoms with van der Waals surface area (Å²) in [6.07, 6.45) is 3.46. The maximum atomic E-state index is 9.26. The SMILES string of the molecule is N#CC(=Cc1ccc2c(c1)OCCO2)c1ccccn1. The number of fused-ring (bicyclic) bond motifs is 1. The van der Waals surface area contributed by atoms with E-state index in [4.69, 9.17) is 9.47 Å². The van der Waals surface area contributed by atoms with Gasteiger partial charge in [-0.1, -0.05) is 12.1 Å². The molecule has 98 valence electrons. The lowest BCUT2D eigenvalue weighted by Gasteiger charge is -2.18. The molecular weight excluding hydrogens is 252 g/mol. The second-order valence-electron chi connectivity index (χ2n) is 4.29. The number of hydrogen-bond acceptors (Lipinski definition) is 4. The monoisotopic (exact) mass is 264 g/mol. The molecule has 0 N–H and O–H groups in total. The van der Waals surface area contributed by atoms with Crippen molar-refractivity contribution < 1.29 is 9.47 Å². The average molecular weight is 264 g/mol. The van der Waals surface area contributed by atoms with Crippen LogP contribution in [0.4, 0.5) is 0 Å². The second kappa shape index (κ2) is 5.45. The largest absolute Gasteiger partial charge is 0.486 e. The van der Waals surface area contributed by atoms with E-state index in [0.29, 0.717) is 30.2 Å². The first kappa shape index (κ1) is 12.2. The van der Waals surface area contributed by atoms with Gasteiger partial charge < -0.3 is 9.47 Å². The fraction of sp³-hybridized carbons (Fsp3) is 0.125. The summed E-state index contributed by atoms with van der Waals surface area (Å²) in [6, 6.07) is 13.3. The number of benzene rings is 1. The third-order valence-electron chi connectivity index (χ3n) is 2.94. The van der Waals surface area contributed by atoms with Crippen LogP contribution in [0.15, 0.2) is 42.6 Å². The summed E-state index contributed by atoms with van der Waals surface area (Å²) in [5, 5.41) is 9.26. The maximum absolute atomic E-state index is 9.26. The summed E-state index contributed by atoms with van der Waals surface area (Å²) >= 11 is 0. The second-order valence-corrected chi connectivity index (χ2v) is 4.29. The van der Waals surface area contributed by atoms with Gasteiger partial charge in [-0.25, -0.2) is 0 Å². The number of allylic oxidation sites excluding steroid dienone is 1. The fourth-order valence-corrected chi connectivity index (χ4v) is 2.00. The highest BCUT2D eigenvalue weighted by molar-refractivity contribution is 5.88. The zero-order valence-electron chi connectivity index (χ0n) is 10.7. The fourth-order valence-electron chi connectivity index (χ4n) is 2.00. The van der Waals surface area contributed by atoms with E-state index in [0.717, 1.165) is 11.3 Å². The first-order valence-corrected chi connectivity index (χ1v) is 6.30. The van der Waals surface area contributed by atoms with Crippen molar-refractivity contribution in [1.29, 1.82) is 5.26 Å².